The molecular formula is C31H27Cl2FN4O7S. The zero-order chi connectivity index (χ0) is 33.3. The predicted octanol–water partition coefficient (Wildman–Crippen LogP) is 7.02. The Labute approximate surface area is 273 Å². The normalized spacial score (nSPS) is 15.6. The average Bonchev–Trinajstić information content (AvgIpc) is 3.41. The Morgan fingerprint density at radius 1 is 1.22 bits per heavy atom. The van der Waals surface area contributed by atoms with E-state index in [4.69, 9.17) is 32.7 Å². The van der Waals surface area contributed by atoms with Crippen molar-refractivity contribution in [3.05, 3.63) is 110 Å². The van der Waals surface area contributed by atoms with Crippen molar-refractivity contribution in [2.24, 2.45) is 0 Å². The molecule has 1 aliphatic rings. The molecule has 1 aromatic heterocycles. The van der Waals surface area contributed by atoms with E-state index in [1.165, 1.54) is 47.3 Å². The van der Waals surface area contributed by atoms with E-state index in [1.807, 2.05) is 0 Å². The standard InChI is InChI=1S/C31H27Cl2FN4O7S/c1-4-36-17-28(30(33)35-36)46(42,43)37-16-27(19(3)44-31(39)21-9-11-22(12-10-21)38(40)41)45-26-13-8-20(15-25(26)37)14-18(2)29-23(32)6-5-7-24(29)34/h5-15,17,19,27H,4,16H2,1-3H3/b18-14+/t19-,27?/m1/s1. The van der Waals surface area contributed by atoms with E-state index < -0.39 is 38.9 Å². The summed E-state index contributed by atoms with van der Waals surface area (Å²) in [6.07, 6.45) is 1.06. The van der Waals surface area contributed by atoms with Crippen LogP contribution in [-0.2, 0) is 21.3 Å². The molecule has 46 heavy (non-hydrogen) atoms. The van der Waals surface area contributed by atoms with E-state index in [2.05, 4.69) is 5.10 Å². The van der Waals surface area contributed by atoms with Gasteiger partial charge in [-0.15, -0.1) is 0 Å². The Morgan fingerprint density at radius 2 is 1.93 bits per heavy atom. The summed E-state index contributed by atoms with van der Waals surface area (Å²) >= 11 is 12.5. The summed E-state index contributed by atoms with van der Waals surface area (Å²) in [5.74, 6) is -1.11. The first-order chi connectivity index (χ1) is 21.8. The van der Waals surface area contributed by atoms with Crippen molar-refractivity contribution in [3.63, 3.8) is 0 Å². The van der Waals surface area contributed by atoms with Crippen LogP contribution in [0.5, 0.6) is 5.75 Å². The summed E-state index contributed by atoms with van der Waals surface area (Å²) in [5.41, 5.74) is 1.30. The number of allylic oxidation sites excluding steroid dienone is 1. The molecule has 3 aromatic carbocycles. The number of aromatic nitrogens is 2. The maximum absolute atomic E-state index is 14.6. The van der Waals surface area contributed by atoms with Gasteiger partial charge < -0.3 is 9.47 Å². The number of nitrogens with zero attached hydrogens (tertiary/aromatic N) is 4. The van der Waals surface area contributed by atoms with Gasteiger partial charge in [-0.05, 0) is 68.3 Å². The van der Waals surface area contributed by atoms with E-state index in [1.54, 1.807) is 51.1 Å². The molecule has 0 amide bonds. The smallest absolute Gasteiger partial charge is 0.338 e. The molecule has 11 nitrogen and oxygen atoms in total. The highest BCUT2D eigenvalue weighted by molar-refractivity contribution is 7.93. The first kappa shape index (κ1) is 32.9. The molecule has 0 N–H and O–H groups in total. The minimum atomic E-state index is -4.33. The Kier molecular flexibility index (Phi) is 9.38. The number of carbonyl (C=O) groups is 1. The van der Waals surface area contributed by atoms with Gasteiger partial charge in [0.15, 0.2) is 11.3 Å². The van der Waals surface area contributed by atoms with E-state index in [0.29, 0.717) is 17.7 Å². The van der Waals surface area contributed by atoms with Gasteiger partial charge in [0.1, 0.15) is 22.6 Å². The molecule has 1 aliphatic heterocycles. The highest BCUT2D eigenvalue weighted by Gasteiger charge is 2.40. The molecule has 5 rings (SSSR count). The lowest BCUT2D eigenvalue weighted by atomic mass is 10.0. The summed E-state index contributed by atoms with van der Waals surface area (Å²) in [6, 6.07) is 14.1. The number of carbonyl (C=O) groups excluding carboxylic acids is 1. The topological polar surface area (TPSA) is 134 Å². The largest absolute Gasteiger partial charge is 0.482 e. The second kappa shape index (κ2) is 13.1. The molecule has 0 radical (unpaired) electrons. The SMILES string of the molecule is CCn1cc(S(=O)(=O)N2CC([C@@H](C)OC(=O)c3ccc([N+](=O)[O-])cc3)Oc3ccc(/C=C(\C)c4c(F)cccc4Cl)cc32)c(Cl)n1. The van der Waals surface area contributed by atoms with Gasteiger partial charge >= 0.3 is 5.97 Å². The Hall–Kier alpha value is -4.46. The van der Waals surface area contributed by atoms with E-state index in [-0.39, 0.29) is 49.9 Å². The van der Waals surface area contributed by atoms with Crippen LogP contribution >= 0.6 is 23.2 Å². The van der Waals surface area contributed by atoms with Crippen LogP contribution in [0.25, 0.3) is 11.6 Å². The van der Waals surface area contributed by atoms with E-state index >= 15 is 0 Å². The number of halogens is 3. The predicted molar refractivity (Wildman–Crippen MR) is 171 cm³/mol. The van der Waals surface area contributed by atoms with Crippen LogP contribution in [-0.4, -0.2) is 47.8 Å². The fraction of sp³-hybridized carbons (Fsp3) is 0.226. The first-order valence-electron chi connectivity index (χ1n) is 13.9. The Morgan fingerprint density at radius 3 is 2.57 bits per heavy atom. The molecule has 0 saturated carbocycles. The molecule has 2 heterocycles. The van der Waals surface area contributed by atoms with Crippen LogP contribution in [0, 0.1) is 15.9 Å². The average molecular weight is 690 g/mol. The van der Waals surface area contributed by atoms with Crippen molar-refractivity contribution in [2.45, 2.75) is 44.4 Å². The zero-order valence-electron chi connectivity index (χ0n) is 24.7. The van der Waals surface area contributed by atoms with Crippen molar-refractivity contribution < 1.29 is 32.0 Å². The molecule has 0 bridgehead atoms. The van der Waals surface area contributed by atoms with Crippen LogP contribution in [0.3, 0.4) is 0 Å². The van der Waals surface area contributed by atoms with Crippen LogP contribution in [0.15, 0.2) is 71.8 Å². The number of aryl methyl sites for hydroxylation is 1. The maximum atomic E-state index is 14.6. The summed E-state index contributed by atoms with van der Waals surface area (Å²) < 4.78 is 57.1. The molecule has 0 saturated heterocycles. The van der Waals surface area contributed by atoms with Gasteiger partial charge in [-0.2, -0.15) is 5.10 Å². The van der Waals surface area contributed by atoms with Gasteiger partial charge in [0.25, 0.3) is 15.7 Å². The zero-order valence-corrected chi connectivity index (χ0v) is 27.0. The lowest BCUT2D eigenvalue weighted by Gasteiger charge is -2.37. The fourth-order valence-electron chi connectivity index (χ4n) is 4.91. The van der Waals surface area contributed by atoms with Gasteiger partial charge in [0.05, 0.1) is 27.7 Å². The lowest BCUT2D eigenvalue weighted by molar-refractivity contribution is -0.384. The number of rotatable bonds is 9. The third kappa shape index (κ3) is 6.57. The van der Waals surface area contributed by atoms with Crippen LogP contribution in [0.4, 0.5) is 15.8 Å². The molecule has 4 aromatic rings. The number of esters is 1. The van der Waals surface area contributed by atoms with Gasteiger partial charge in [0.2, 0.25) is 0 Å². The Balaban J connectivity index is 1.51. The van der Waals surface area contributed by atoms with E-state index in [0.717, 1.165) is 4.31 Å². The van der Waals surface area contributed by atoms with Crippen LogP contribution < -0.4 is 9.04 Å². The number of ether oxygens (including phenoxy) is 2. The number of fused-ring (bicyclic) bond motifs is 1. The van der Waals surface area contributed by atoms with Crippen molar-refractivity contribution in [3.8, 4) is 5.75 Å². The Bertz CT molecular complexity index is 1950. The van der Waals surface area contributed by atoms with Crippen LogP contribution in [0.2, 0.25) is 10.2 Å². The molecule has 2 atom stereocenters. The third-order valence-corrected chi connectivity index (χ3v) is 9.81. The third-order valence-electron chi connectivity index (χ3n) is 7.32. The maximum Gasteiger partial charge on any atom is 0.338 e. The van der Waals surface area contributed by atoms with Crippen molar-refractivity contribution in [1.82, 2.24) is 9.78 Å². The van der Waals surface area contributed by atoms with E-state index in [9.17, 15) is 27.7 Å². The summed E-state index contributed by atoms with van der Waals surface area (Å²) in [7, 11) is -4.33. The molecule has 1 unspecified atom stereocenters. The van der Waals surface area contributed by atoms with Crippen molar-refractivity contribution in [1.29, 1.82) is 0 Å². The lowest BCUT2D eigenvalue weighted by Crippen LogP contribution is -2.49. The molecule has 15 heteroatoms. The quantitative estimate of drug-likeness (QED) is 0.0793. The summed E-state index contributed by atoms with van der Waals surface area (Å²) in [6.45, 7) is 5.11. The highest BCUT2D eigenvalue weighted by atomic mass is 35.5. The number of benzene rings is 3. The summed E-state index contributed by atoms with van der Waals surface area (Å²) in [4.78, 5) is 23.0. The second-order valence-electron chi connectivity index (χ2n) is 10.4. The van der Waals surface area contributed by atoms with Crippen LogP contribution in [0.1, 0.15) is 42.3 Å². The number of anilines is 1. The number of hydrogen-bond donors (Lipinski definition) is 0. The minimum absolute atomic E-state index is 0.0682. The monoisotopic (exact) mass is 688 g/mol. The molecule has 0 fully saturated rings. The number of hydrogen-bond acceptors (Lipinski definition) is 8. The van der Waals surface area contributed by atoms with Gasteiger partial charge in [-0.1, -0.05) is 41.4 Å². The number of nitro groups is 1. The molecule has 240 valence electrons. The number of non-ortho nitro benzene ring substituents is 1. The first-order valence-corrected chi connectivity index (χ1v) is 16.1. The molecule has 0 spiro atoms. The van der Waals surface area contributed by atoms with Gasteiger partial charge in [0, 0.05) is 30.4 Å². The highest BCUT2D eigenvalue weighted by Crippen LogP contribution is 2.40. The van der Waals surface area contributed by atoms with Crippen molar-refractivity contribution >= 4 is 62.2 Å². The minimum Gasteiger partial charge on any atom is -0.482 e. The van der Waals surface area contributed by atoms with Gasteiger partial charge in [-0.25, -0.2) is 17.6 Å². The second-order valence-corrected chi connectivity index (χ2v) is 13.0. The number of sulfonamides is 1. The van der Waals surface area contributed by atoms with Gasteiger partial charge in [-0.3, -0.25) is 19.1 Å². The van der Waals surface area contributed by atoms with Crippen molar-refractivity contribution in [2.75, 3.05) is 10.8 Å². The fourth-order valence-corrected chi connectivity index (χ4v) is 7.16. The molecular weight excluding hydrogens is 662 g/mol. The molecule has 0 aliphatic carbocycles. The summed E-state index contributed by atoms with van der Waals surface area (Å²) in [5, 5.41) is 15.0. The number of nitro benzene ring substituents is 1.